The molecule has 0 aromatic heterocycles. The van der Waals surface area contributed by atoms with Crippen molar-refractivity contribution in [1.29, 1.82) is 0 Å². The van der Waals surface area contributed by atoms with Crippen molar-refractivity contribution >= 4 is 11.9 Å². The Morgan fingerprint density at radius 1 is 1.38 bits per heavy atom. The van der Waals surface area contributed by atoms with Crippen molar-refractivity contribution in [3.05, 3.63) is 0 Å². The zero-order chi connectivity index (χ0) is 12.1. The average Bonchev–Trinajstić information content (AvgIpc) is 2.84. The number of hydrogen-bond donors (Lipinski definition) is 2. The topological polar surface area (TPSA) is 69.6 Å². The summed E-state index contributed by atoms with van der Waals surface area (Å²) >= 11 is 0. The maximum atomic E-state index is 11.5. The SMILES string of the molecule is CC(C)CN(CC(=O)O)CC(=O)NC1CC1. The van der Waals surface area contributed by atoms with Crippen LogP contribution < -0.4 is 5.32 Å². The number of rotatable bonds is 7. The lowest BCUT2D eigenvalue weighted by Gasteiger charge is -2.21. The van der Waals surface area contributed by atoms with Gasteiger partial charge in [0.1, 0.15) is 0 Å². The highest BCUT2D eigenvalue weighted by molar-refractivity contribution is 5.79. The third-order valence-electron chi connectivity index (χ3n) is 2.29. The van der Waals surface area contributed by atoms with Gasteiger partial charge in [0.15, 0.2) is 0 Å². The van der Waals surface area contributed by atoms with Crippen LogP contribution in [0.25, 0.3) is 0 Å². The maximum absolute atomic E-state index is 11.5. The summed E-state index contributed by atoms with van der Waals surface area (Å²) in [6.07, 6.45) is 2.10. The molecule has 0 heterocycles. The van der Waals surface area contributed by atoms with Gasteiger partial charge in [-0.3, -0.25) is 14.5 Å². The van der Waals surface area contributed by atoms with Crippen LogP contribution in [0.1, 0.15) is 26.7 Å². The summed E-state index contributed by atoms with van der Waals surface area (Å²) in [6, 6.07) is 0.332. The number of amides is 1. The van der Waals surface area contributed by atoms with Gasteiger partial charge < -0.3 is 10.4 Å². The normalized spacial score (nSPS) is 15.5. The van der Waals surface area contributed by atoms with E-state index < -0.39 is 5.97 Å². The fraction of sp³-hybridized carbons (Fsp3) is 0.818. The van der Waals surface area contributed by atoms with E-state index in [4.69, 9.17) is 5.11 Å². The average molecular weight is 228 g/mol. The van der Waals surface area contributed by atoms with Crippen molar-refractivity contribution in [1.82, 2.24) is 10.2 Å². The Hall–Kier alpha value is -1.10. The van der Waals surface area contributed by atoms with Crippen LogP contribution in [0.3, 0.4) is 0 Å². The Morgan fingerprint density at radius 2 is 2.00 bits per heavy atom. The second-order valence-corrected chi connectivity index (χ2v) is 4.80. The number of nitrogens with zero attached hydrogens (tertiary/aromatic N) is 1. The first-order valence-electron chi connectivity index (χ1n) is 5.71. The molecule has 1 aliphatic rings. The molecule has 1 fully saturated rings. The molecule has 0 bridgehead atoms. The van der Waals surface area contributed by atoms with Crippen molar-refractivity contribution < 1.29 is 14.7 Å². The maximum Gasteiger partial charge on any atom is 0.317 e. The predicted octanol–water partition coefficient (Wildman–Crippen LogP) is 0.308. The van der Waals surface area contributed by atoms with Crippen LogP contribution in [0.15, 0.2) is 0 Å². The molecular weight excluding hydrogens is 208 g/mol. The minimum absolute atomic E-state index is 0.0654. The molecule has 1 amide bonds. The van der Waals surface area contributed by atoms with Crippen LogP contribution in [0.4, 0.5) is 0 Å². The van der Waals surface area contributed by atoms with Crippen molar-refractivity contribution in [3.8, 4) is 0 Å². The first-order valence-corrected chi connectivity index (χ1v) is 5.71. The molecule has 0 aromatic carbocycles. The highest BCUT2D eigenvalue weighted by atomic mass is 16.4. The summed E-state index contributed by atoms with van der Waals surface area (Å²) < 4.78 is 0. The summed E-state index contributed by atoms with van der Waals surface area (Å²) in [5, 5.41) is 11.6. The lowest BCUT2D eigenvalue weighted by Crippen LogP contribution is -2.42. The van der Waals surface area contributed by atoms with E-state index in [0.29, 0.717) is 18.5 Å². The molecular formula is C11H20N2O3. The molecule has 0 unspecified atom stereocenters. The van der Waals surface area contributed by atoms with Gasteiger partial charge >= 0.3 is 5.97 Å². The van der Waals surface area contributed by atoms with Gasteiger partial charge in [-0.05, 0) is 18.8 Å². The van der Waals surface area contributed by atoms with Crippen molar-refractivity contribution in [2.24, 2.45) is 5.92 Å². The second-order valence-electron chi connectivity index (χ2n) is 4.80. The van der Waals surface area contributed by atoms with E-state index in [1.165, 1.54) is 0 Å². The summed E-state index contributed by atoms with van der Waals surface area (Å²) in [6.45, 7) is 4.75. The zero-order valence-electron chi connectivity index (χ0n) is 9.90. The quantitative estimate of drug-likeness (QED) is 0.658. The van der Waals surface area contributed by atoms with Crippen LogP contribution in [-0.2, 0) is 9.59 Å². The molecule has 92 valence electrons. The van der Waals surface area contributed by atoms with E-state index in [1.54, 1.807) is 4.90 Å². The Kier molecular flexibility index (Phi) is 4.73. The van der Waals surface area contributed by atoms with Crippen molar-refractivity contribution in [3.63, 3.8) is 0 Å². The molecule has 0 spiro atoms. The number of carboxylic acids is 1. The first kappa shape index (κ1) is 13.0. The van der Waals surface area contributed by atoms with E-state index in [-0.39, 0.29) is 19.0 Å². The number of hydrogen-bond acceptors (Lipinski definition) is 3. The summed E-state index contributed by atoms with van der Waals surface area (Å²) in [5.41, 5.74) is 0. The molecule has 2 N–H and O–H groups in total. The van der Waals surface area contributed by atoms with Gasteiger partial charge in [-0.2, -0.15) is 0 Å². The Morgan fingerprint density at radius 3 is 2.44 bits per heavy atom. The zero-order valence-corrected chi connectivity index (χ0v) is 9.90. The van der Waals surface area contributed by atoms with Crippen LogP contribution in [0.5, 0.6) is 0 Å². The third-order valence-corrected chi connectivity index (χ3v) is 2.29. The lowest BCUT2D eigenvalue weighted by atomic mass is 10.2. The number of aliphatic carboxylic acids is 1. The molecule has 0 radical (unpaired) electrons. The number of nitrogens with one attached hydrogen (secondary N) is 1. The molecule has 1 saturated carbocycles. The Bertz CT molecular complexity index is 262. The molecule has 5 heteroatoms. The number of carbonyl (C=O) groups excluding carboxylic acids is 1. The Balaban J connectivity index is 2.34. The monoisotopic (exact) mass is 228 g/mol. The van der Waals surface area contributed by atoms with Gasteiger partial charge in [0.05, 0.1) is 13.1 Å². The number of carboxylic acid groups (broad SMARTS) is 1. The van der Waals surface area contributed by atoms with Gasteiger partial charge in [0.25, 0.3) is 0 Å². The van der Waals surface area contributed by atoms with Gasteiger partial charge in [-0.1, -0.05) is 13.8 Å². The fourth-order valence-electron chi connectivity index (χ4n) is 1.60. The largest absolute Gasteiger partial charge is 0.480 e. The molecule has 0 saturated heterocycles. The van der Waals surface area contributed by atoms with Crippen LogP contribution in [0, 0.1) is 5.92 Å². The summed E-state index contributed by atoms with van der Waals surface area (Å²) in [5.74, 6) is -0.600. The van der Waals surface area contributed by atoms with Gasteiger partial charge in [-0.15, -0.1) is 0 Å². The van der Waals surface area contributed by atoms with E-state index in [9.17, 15) is 9.59 Å². The van der Waals surface area contributed by atoms with Gasteiger partial charge in [0.2, 0.25) is 5.91 Å². The molecule has 0 atom stereocenters. The van der Waals surface area contributed by atoms with Crippen LogP contribution in [0.2, 0.25) is 0 Å². The Labute approximate surface area is 95.8 Å². The minimum atomic E-state index is -0.889. The minimum Gasteiger partial charge on any atom is -0.480 e. The predicted molar refractivity (Wildman–Crippen MR) is 60.1 cm³/mol. The molecule has 0 aromatic rings. The van der Waals surface area contributed by atoms with Gasteiger partial charge in [0, 0.05) is 12.6 Å². The number of carbonyl (C=O) groups is 2. The lowest BCUT2D eigenvalue weighted by molar-refractivity contribution is -0.138. The van der Waals surface area contributed by atoms with Crippen molar-refractivity contribution in [2.75, 3.05) is 19.6 Å². The van der Waals surface area contributed by atoms with Crippen LogP contribution >= 0.6 is 0 Å². The van der Waals surface area contributed by atoms with Crippen LogP contribution in [-0.4, -0.2) is 47.6 Å². The molecule has 5 nitrogen and oxygen atoms in total. The first-order chi connectivity index (χ1) is 7.47. The van der Waals surface area contributed by atoms with E-state index >= 15 is 0 Å². The molecule has 16 heavy (non-hydrogen) atoms. The van der Waals surface area contributed by atoms with E-state index in [1.807, 2.05) is 13.8 Å². The third kappa shape index (κ3) is 5.70. The highest BCUT2D eigenvalue weighted by Crippen LogP contribution is 2.18. The fourth-order valence-corrected chi connectivity index (χ4v) is 1.60. The molecule has 0 aliphatic heterocycles. The van der Waals surface area contributed by atoms with Gasteiger partial charge in [-0.25, -0.2) is 0 Å². The van der Waals surface area contributed by atoms with Crippen molar-refractivity contribution in [2.45, 2.75) is 32.7 Å². The smallest absolute Gasteiger partial charge is 0.317 e. The molecule has 1 rings (SSSR count). The summed E-state index contributed by atoms with van der Waals surface area (Å²) in [7, 11) is 0. The molecule has 1 aliphatic carbocycles. The highest BCUT2D eigenvalue weighted by Gasteiger charge is 2.24. The summed E-state index contributed by atoms with van der Waals surface area (Å²) in [4.78, 5) is 23.8. The second kappa shape index (κ2) is 5.84. The standard InChI is InChI=1S/C11H20N2O3/c1-8(2)5-13(7-11(15)16)6-10(14)12-9-3-4-9/h8-9H,3-7H2,1-2H3,(H,12,14)(H,15,16). The van der Waals surface area contributed by atoms with E-state index in [2.05, 4.69) is 5.32 Å². The van der Waals surface area contributed by atoms with E-state index in [0.717, 1.165) is 12.8 Å².